The van der Waals surface area contributed by atoms with Gasteiger partial charge in [-0.1, -0.05) is 18.2 Å². The van der Waals surface area contributed by atoms with Gasteiger partial charge in [0.1, 0.15) is 5.75 Å². The first-order valence-corrected chi connectivity index (χ1v) is 8.13. The highest BCUT2D eigenvalue weighted by molar-refractivity contribution is 7.92. The summed E-state index contributed by atoms with van der Waals surface area (Å²) in [6.45, 7) is 1.62. The summed E-state index contributed by atoms with van der Waals surface area (Å²) >= 11 is 0. The molecule has 2 N–H and O–H groups in total. The van der Waals surface area contributed by atoms with Crippen LogP contribution < -0.4 is 14.8 Å². The summed E-state index contributed by atoms with van der Waals surface area (Å²) in [6.07, 6.45) is -0.600. The van der Waals surface area contributed by atoms with Crippen LogP contribution in [0.15, 0.2) is 53.4 Å². The monoisotopic (exact) mass is 318 g/mol. The van der Waals surface area contributed by atoms with Crippen molar-refractivity contribution in [2.24, 2.45) is 0 Å². The van der Waals surface area contributed by atoms with E-state index in [2.05, 4.69) is 10.0 Å². The van der Waals surface area contributed by atoms with Crippen molar-refractivity contribution < 1.29 is 17.9 Å². The molecule has 1 aliphatic heterocycles. The van der Waals surface area contributed by atoms with Gasteiger partial charge in [-0.15, -0.1) is 0 Å². The predicted octanol–water partition coefficient (Wildman–Crippen LogP) is 2.21. The molecule has 2 aromatic carbocycles. The predicted molar refractivity (Wildman–Crippen MR) is 82.4 cm³/mol. The third-order valence-corrected chi connectivity index (χ3v) is 4.60. The summed E-state index contributed by atoms with van der Waals surface area (Å²) in [5.41, 5.74) is 0.813. The molecule has 0 radical (unpaired) electrons. The SMILES string of the molecule is C[C@H]1Oc2ccc(S(=O)(=O)Nc3ccccc3)cc2NC1=O. The number of amides is 1. The van der Waals surface area contributed by atoms with Crippen LogP contribution in [0, 0.1) is 0 Å². The number of hydrogen-bond acceptors (Lipinski definition) is 4. The molecule has 0 aliphatic carbocycles. The van der Waals surface area contributed by atoms with E-state index in [4.69, 9.17) is 4.74 Å². The Balaban J connectivity index is 1.92. The molecule has 1 atom stereocenters. The number of hydrogen-bond donors (Lipinski definition) is 2. The average molecular weight is 318 g/mol. The average Bonchev–Trinajstić information content (AvgIpc) is 2.48. The molecule has 3 rings (SSSR count). The first-order valence-electron chi connectivity index (χ1n) is 6.65. The van der Waals surface area contributed by atoms with E-state index in [9.17, 15) is 13.2 Å². The fourth-order valence-corrected chi connectivity index (χ4v) is 3.16. The first-order chi connectivity index (χ1) is 10.5. The van der Waals surface area contributed by atoms with E-state index >= 15 is 0 Å². The van der Waals surface area contributed by atoms with Crippen molar-refractivity contribution in [3.05, 3.63) is 48.5 Å². The molecule has 0 saturated heterocycles. The van der Waals surface area contributed by atoms with Crippen molar-refractivity contribution in [1.82, 2.24) is 0 Å². The molecular weight excluding hydrogens is 304 g/mol. The molecule has 1 amide bonds. The summed E-state index contributed by atoms with van der Waals surface area (Å²) in [6, 6.07) is 12.9. The summed E-state index contributed by atoms with van der Waals surface area (Å²) in [7, 11) is -3.73. The molecular formula is C15H14N2O4S. The Bertz CT molecular complexity index is 819. The van der Waals surface area contributed by atoms with Crippen LogP contribution in [0.25, 0.3) is 0 Å². The summed E-state index contributed by atoms with van der Waals surface area (Å²) < 4.78 is 32.6. The zero-order valence-corrected chi connectivity index (χ0v) is 12.6. The summed E-state index contributed by atoms with van der Waals surface area (Å²) in [4.78, 5) is 11.7. The van der Waals surface area contributed by atoms with Gasteiger partial charge in [-0.25, -0.2) is 8.42 Å². The van der Waals surface area contributed by atoms with E-state index in [1.54, 1.807) is 37.3 Å². The minimum Gasteiger partial charge on any atom is -0.479 e. The van der Waals surface area contributed by atoms with E-state index in [1.165, 1.54) is 18.2 Å². The molecule has 2 aromatic rings. The smallest absolute Gasteiger partial charge is 0.265 e. The maximum atomic E-state index is 12.4. The van der Waals surface area contributed by atoms with Crippen LogP contribution in [-0.4, -0.2) is 20.4 Å². The molecule has 114 valence electrons. The quantitative estimate of drug-likeness (QED) is 0.908. The van der Waals surface area contributed by atoms with Crippen molar-refractivity contribution >= 4 is 27.3 Å². The summed E-state index contributed by atoms with van der Waals surface area (Å²) in [5, 5.41) is 2.63. The number of sulfonamides is 1. The standard InChI is InChI=1S/C15H14N2O4S/c1-10-15(18)16-13-9-12(7-8-14(13)21-10)22(19,20)17-11-5-3-2-4-6-11/h2-10,17H,1H3,(H,16,18)/t10-/m1/s1. The van der Waals surface area contributed by atoms with Crippen molar-refractivity contribution in [2.75, 3.05) is 10.0 Å². The van der Waals surface area contributed by atoms with Crippen LogP contribution in [0.1, 0.15) is 6.92 Å². The molecule has 0 aromatic heterocycles. The van der Waals surface area contributed by atoms with E-state index in [-0.39, 0.29) is 10.8 Å². The lowest BCUT2D eigenvalue weighted by Crippen LogP contribution is -2.34. The molecule has 0 spiro atoms. The van der Waals surface area contributed by atoms with E-state index in [0.29, 0.717) is 17.1 Å². The first kappa shape index (κ1) is 14.4. The molecule has 1 heterocycles. The van der Waals surface area contributed by atoms with Gasteiger partial charge in [0.2, 0.25) is 0 Å². The number of rotatable bonds is 3. The number of para-hydroxylation sites is 1. The van der Waals surface area contributed by atoms with Gasteiger partial charge in [0.05, 0.1) is 10.6 Å². The fourth-order valence-electron chi connectivity index (χ4n) is 2.08. The Morgan fingerprint density at radius 2 is 1.86 bits per heavy atom. The highest BCUT2D eigenvalue weighted by Gasteiger charge is 2.25. The zero-order chi connectivity index (χ0) is 15.7. The Morgan fingerprint density at radius 3 is 2.59 bits per heavy atom. The molecule has 7 heteroatoms. The lowest BCUT2D eigenvalue weighted by molar-refractivity contribution is -0.122. The van der Waals surface area contributed by atoms with Gasteiger partial charge in [0.25, 0.3) is 15.9 Å². The second-order valence-corrected chi connectivity index (χ2v) is 6.56. The Kier molecular flexibility index (Phi) is 3.50. The van der Waals surface area contributed by atoms with Crippen molar-refractivity contribution in [3.8, 4) is 5.75 Å². The molecule has 22 heavy (non-hydrogen) atoms. The van der Waals surface area contributed by atoms with Gasteiger partial charge in [-0.2, -0.15) is 0 Å². The maximum absolute atomic E-state index is 12.4. The van der Waals surface area contributed by atoms with Gasteiger partial charge in [0, 0.05) is 5.69 Å². The molecule has 0 fully saturated rings. The number of fused-ring (bicyclic) bond motifs is 1. The fraction of sp³-hybridized carbons (Fsp3) is 0.133. The van der Waals surface area contributed by atoms with Crippen LogP contribution in [0.4, 0.5) is 11.4 Å². The van der Waals surface area contributed by atoms with Crippen molar-refractivity contribution in [2.45, 2.75) is 17.9 Å². The van der Waals surface area contributed by atoms with Gasteiger partial charge in [-0.05, 0) is 37.3 Å². The van der Waals surface area contributed by atoms with E-state index in [0.717, 1.165) is 0 Å². The number of nitrogens with one attached hydrogen (secondary N) is 2. The third-order valence-electron chi connectivity index (χ3n) is 3.22. The van der Waals surface area contributed by atoms with Crippen LogP contribution in [0.3, 0.4) is 0 Å². The van der Waals surface area contributed by atoms with Gasteiger partial charge in [0.15, 0.2) is 6.10 Å². The summed E-state index contributed by atoms with van der Waals surface area (Å²) in [5.74, 6) is 0.142. The van der Waals surface area contributed by atoms with Crippen molar-refractivity contribution in [1.29, 1.82) is 0 Å². The van der Waals surface area contributed by atoms with E-state index < -0.39 is 16.1 Å². The van der Waals surface area contributed by atoms with Gasteiger partial charge >= 0.3 is 0 Å². The van der Waals surface area contributed by atoms with Crippen LogP contribution >= 0.6 is 0 Å². The Hall–Kier alpha value is -2.54. The topological polar surface area (TPSA) is 84.5 Å². The maximum Gasteiger partial charge on any atom is 0.265 e. The minimum absolute atomic E-state index is 0.0496. The second kappa shape index (κ2) is 5.34. The van der Waals surface area contributed by atoms with Crippen molar-refractivity contribution in [3.63, 3.8) is 0 Å². The normalized spacial score (nSPS) is 17.1. The minimum atomic E-state index is -3.73. The highest BCUT2D eigenvalue weighted by Crippen LogP contribution is 2.32. The molecule has 0 bridgehead atoms. The second-order valence-electron chi connectivity index (χ2n) is 4.88. The molecule has 1 aliphatic rings. The lowest BCUT2D eigenvalue weighted by Gasteiger charge is -2.23. The zero-order valence-electron chi connectivity index (χ0n) is 11.7. The molecule has 6 nitrogen and oxygen atoms in total. The van der Waals surface area contributed by atoms with E-state index in [1.807, 2.05) is 0 Å². The molecule has 0 saturated carbocycles. The highest BCUT2D eigenvalue weighted by atomic mass is 32.2. The largest absolute Gasteiger partial charge is 0.479 e. The number of carbonyl (C=O) groups is 1. The lowest BCUT2D eigenvalue weighted by atomic mass is 10.2. The van der Waals surface area contributed by atoms with Gasteiger partial charge < -0.3 is 10.1 Å². The Labute approximate surface area is 128 Å². The third kappa shape index (κ3) is 2.75. The van der Waals surface area contributed by atoms with Crippen LogP contribution in [-0.2, 0) is 14.8 Å². The van der Waals surface area contributed by atoms with Crippen LogP contribution in [0.2, 0.25) is 0 Å². The number of benzene rings is 2. The number of anilines is 2. The number of ether oxygens (including phenoxy) is 1. The Morgan fingerprint density at radius 1 is 1.14 bits per heavy atom. The number of carbonyl (C=O) groups excluding carboxylic acids is 1. The molecule has 0 unspecified atom stereocenters. The van der Waals surface area contributed by atoms with Crippen LogP contribution in [0.5, 0.6) is 5.75 Å². The van der Waals surface area contributed by atoms with Gasteiger partial charge in [-0.3, -0.25) is 9.52 Å².